The zero-order valence-electron chi connectivity index (χ0n) is 19.8. The molecule has 0 radical (unpaired) electrons. The van der Waals surface area contributed by atoms with Gasteiger partial charge in [0, 0.05) is 6.42 Å². The van der Waals surface area contributed by atoms with E-state index in [2.05, 4.69) is 22.8 Å². The van der Waals surface area contributed by atoms with Crippen LogP contribution in [0.5, 0.6) is 11.5 Å². The second kappa shape index (κ2) is 18.0. The molecule has 0 heterocycles. The number of benzene rings is 1. The molecule has 180 valence electrons. The summed E-state index contributed by atoms with van der Waals surface area (Å²) in [4.78, 5) is 23.7. The van der Waals surface area contributed by atoms with E-state index in [1.807, 2.05) is 6.92 Å². The fourth-order valence-corrected chi connectivity index (χ4v) is 3.32. The van der Waals surface area contributed by atoms with Gasteiger partial charge in [-0.05, 0) is 37.1 Å². The number of nitrogens with zero attached hydrogens (tertiary/aromatic N) is 1. The Kier molecular flexibility index (Phi) is 15.5. The minimum absolute atomic E-state index is 0.0496. The average molecular weight is 448 g/mol. The number of aromatic hydroxyl groups is 1. The number of nitrogens with one attached hydrogen (secondary N) is 2. The number of unbranched alkanes of at least 4 members (excludes halogenated alkanes) is 10. The number of phenolic OH excluding ortho intramolecular Hbond substituents is 1. The minimum atomic E-state index is -0.391. The summed E-state index contributed by atoms with van der Waals surface area (Å²) in [6, 6.07) is 4.79. The highest BCUT2D eigenvalue weighted by atomic mass is 16.5. The largest absolute Gasteiger partial charge is 0.504 e. The molecule has 0 aliphatic carbocycles. The highest BCUT2D eigenvalue weighted by molar-refractivity contribution is 5.86. The molecule has 0 saturated heterocycles. The lowest BCUT2D eigenvalue weighted by atomic mass is 10.1. The summed E-state index contributed by atoms with van der Waals surface area (Å²) in [6.07, 6.45) is 15.5. The van der Waals surface area contributed by atoms with Crippen LogP contribution in [0.25, 0.3) is 0 Å². The number of rotatable bonds is 18. The van der Waals surface area contributed by atoms with Crippen molar-refractivity contribution in [3.8, 4) is 11.5 Å². The molecule has 7 heteroatoms. The summed E-state index contributed by atoms with van der Waals surface area (Å²) in [5.74, 6) is -0.0942. The molecular weight excluding hydrogens is 406 g/mol. The first-order chi connectivity index (χ1) is 15.6. The van der Waals surface area contributed by atoms with Gasteiger partial charge in [0.15, 0.2) is 11.5 Å². The summed E-state index contributed by atoms with van der Waals surface area (Å²) in [7, 11) is 0. The summed E-state index contributed by atoms with van der Waals surface area (Å²) in [6.45, 7) is 4.40. The topological polar surface area (TPSA) is 100 Å². The molecule has 0 saturated carbocycles. The van der Waals surface area contributed by atoms with Crippen molar-refractivity contribution in [2.24, 2.45) is 5.10 Å². The molecule has 0 bridgehead atoms. The molecule has 0 atom stereocenters. The Hall–Kier alpha value is -2.57. The van der Waals surface area contributed by atoms with Gasteiger partial charge in [0.2, 0.25) is 5.91 Å². The molecule has 1 rings (SSSR count). The van der Waals surface area contributed by atoms with Crippen LogP contribution in [0.15, 0.2) is 23.3 Å². The van der Waals surface area contributed by atoms with Crippen LogP contribution in [0, 0.1) is 0 Å². The third-order valence-electron chi connectivity index (χ3n) is 5.14. The zero-order chi connectivity index (χ0) is 23.4. The average Bonchev–Trinajstić information content (AvgIpc) is 2.78. The van der Waals surface area contributed by atoms with Gasteiger partial charge in [0.05, 0.1) is 19.4 Å². The molecule has 7 nitrogen and oxygen atoms in total. The van der Waals surface area contributed by atoms with Gasteiger partial charge in [-0.15, -0.1) is 0 Å². The van der Waals surface area contributed by atoms with Gasteiger partial charge < -0.3 is 15.2 Å². The molecular formula is C25H41N3O4. The van der Waals surface area contributed by atoms with E-state index in [0.717, 1.165) is 12.8 Å². The number of hydrazone groups is 1. The summed E-state index contributed by atoms with van der Waals surface area (Å²) < 4.78 is 5.30. The van der Waals surface area contributed by atoms with Crippen LogP contribution in [0.3, 0.4) is 0 Å². The second-order valence-corrected chi connectivity index (χ2v) is 8.02. The number of hydrogen-bond acceptors (Lipinski definition) is 5. The predicted octanol–water partition coefficient (Wildman–Crippen LogP) is 5.06. The molecule has 0 spiro atoms. The number of carbonyl (C=O) groups excluding carboxylic acids is 2. The van der Waals surface area contributed by atoms with Gasteiger partial charge in [0.1, 0.15) is 0 Å². The quantitative estimate of drug-likeness (QED) is 0.166. The third-order valence-corrected chi connectivity index (χ3v) is 5.14. The van der Waals surface area contributed by atoms with Gasteiger partial charge in [-0.1, -0.05) is 71.1 Å². The van der Waals surface area contributed by atoms with E-state index in [-0.39, 0.29) is 18.2 Å². The lowest BCUT2D eigenvalue weighted by Gasteiger charge is -2.06. The molecule has 2 amide bonds. The fraction of sp³-hybridized carbons (Fsp3) is 0.640. The van der Waals surface area contributed by atoms with Crippen molar-refractivity contribution >= 4 is 18.0 Å². The molecule has 3 N–H and O–H groups in total. The molecule has 0 unspecified atom stereocenters. The lowest BCUT2D eigenvalue weighted by Crippen LogP contribution is -2.34. The number of ether oxygens (including phenoxy) is 1. The van der Waals surface area contributed by atoms with Crippen molar-refractivity contribution < 1.29 is 19.4 Å². The highest BCUT2D eigenvalue weighted by Gasteiger charge is 2.05. The second-order valence-electron chi connectivity index (χ2n) is 8.02. The first-order valence-electron chi connectivity index (χ1n) is 12.1. The number of phenols is 1. The SMILES string of the molecule is CCCCCCCCCCCCCC(=O)NCC(=O)N/N=C\c1ccc(O)c(OCC)c1. The molecule has 0 fully saturated rings. The van der Waals surface area contributed by atoms with E-state index >= 15 is 0 Å². The van der Waals surface area contributed by atoms with Crippen LogP contribution >= 0.6 is 0 Å². The maximum absolute atomic E-state index is 11.9. The maximum Gasteiger partial charge on any atom is 0.259 e. The van der Waals surface area contributed by atoms with Crippen LogP contribution < -0.4 is 15.5 Å². The zero-order valence-corrected chi connectivity index (χ0v) is 19.8. The fourth-order valence-electron chi connectivity index (χ4n) is 3.32. The summed E-state index contributed by atoms with van der Waals surface area (Å²) in [5.41, 5.74) is 3.05. The first kappa shape index (κ1) is 27.5. The number of carbonyl (C=O) groups is 2. The first-order valence-corrected chi connectivity index (χ1v) is 12.1. The predicted molar refractivity (Wildman–Crippen MR) is 129 cm³/mol. The number of amides is 2. The van der Waals surface area contributed by atoms with Gasteiger partial charge in [-0.25, -0.2) is 5.43 Å². The van der Waals surface area contributed by atoms with Crippen molar-refractivity contribution in [3.05, 3.63) is 23.8 Å². The Morgan fingerprint density at radius 2 is 1.56 bits per heavy atom. The van der Waals surface area contributed by atoms with Gasteiger partial charge >= 0.3 is 0 Å². The van der Waals surface area contributed by atoms with Gasteiger partial charge in [-0.3, -0.25) is 9.59 Å². The van der Waals surface area contributed by atoms with Crippen LogP contribution in [-0.4, -0.2) is 36.3 Å². The van der Waals surface area contributed by atoms with Crippen molar-refractivity contribution in [2.45, 2.75) is 90.9 Å². The maximum atomic E-state index is 11.9. The van der Waals surface area contributed by atoms with Crippen LogP contribution in [0.1, 0.15) is 96.5 Å². The lowest BCUT2D eigenvalue weighted by molar-refractivity contribution is -0.126. The van der Waals surface area contributed by atoms with Gasteiger partial charge in [-0.2, -0.15) is 5.10 Å². The van der Waals surface area contributed by atoms with E-state index in [0.29, 0.717) is 24.3 Å². The van der Waals surface area contributed by atoms with Crippen molar-refractivity contribution in [3.63, 3.8) is 0 Å². The summed E-state index contributed by atoms with van der Waals surface area (Å²) in [5, 5.41) is 16.2. The van der Waals surface area contributed by atoms with E-state index in [1.54, 1.807) is 12.1 Å². The Morgan fingerprint density at radius 3 is 2.19 bits per heavy atom. The van der Waals surface area contributed by atoms with Crippen molar-refractivity contribution in [1.82, 2.24) is 10.7 Å². The standard InChI is InChI=1S/C25H41N3O4/c1-3-5-6-7-8-9-10-11-12-13-14-15-24(30)26-20-25(31)28-27-19-21-16-17-22(29)23(18-21)32-4-2/h16-19,29H,3-15,20H2,1-2H3,(H,26,30)(H,28,31)/b27-19-. The molecule has 1 aromatic rings. The molecule has 1 aromatic carbocycles. The van der Waals surface area contributed by atoms with E-state index < -0.39 is 5.91 Å². The van der Waals surface area contributed by atoms with Crippen LogP contribution in [-0.2, 0) is 9.59 Å². The molecule has 32 heavy (non-hydrogen) atoms. The van der Waals surface area contributed by atoms with E-state index in [9.17, 15) is 14.7 Å². The van der Waals surface area contributed by atoms with Crippen LogP contribution in [0.4, 0.5) is 0 Å². The third kappa shape index (κ3) is 13.7. The van der Waals surface area contributed by atoms with Crippen LogP contribution in [0.2, 0.25) is 0 Å². The Morgan fingerprint density at radius 1 is 0.938 bits per heavy atom. The highest BCUT2D eigenvalue weighted by Crippen LogP contribution is 2.26. The van der Waals surface area contributed by atoms with E-state index in [4.69, 9.17) is 4.74 Å². The number of hydrogen-bond donors (Lipinski definition) is 3. The van der Waals surface area contributed by atoms with Crippen molar-refractivity contribution in [2.75, 3.05) is 13.2 Å². The monoisotopic (exact) mass is 447 g/mol. The Labute approximate surface area is 193 Å². The summed E-state index contributed by atoms with van der Waals surface area (Å²) >= 11 is 0. The molecule has 0 aliphatic heterocycles. The molecule has 0 aromatic heterocycles. The van der Waals surface area contributed by atoms with E-state index in [1.165, 1.54) is 70.1 Å². The minimum Gasteiger partial charge on any atom is -0.504 e. The van der Waals surface area contributed by atoms with Gasteiger partial charge in [0.25, 0.3) is 5.91 Å². The Balaban J connectivity index is 2.06. The molecule has 0 aliphatic rings. The normalized spacial score (nSPS) is 10.9. The smallest absolute Gasteiger partial charge is 0.259 e. The van der Waals surface area contributed by atoms with Crippen molar-refractivity contribution in [1.29, 1.82) is 0 Å². The Bertz CT molecular complexity index is 692.